The van der Waals surface area contributed by atoms with E-state index in [2.05, 4.69) is 18.9 Å². The highest BCUT2D eigenvalue weighted by molar-refractivity contribution is 7.93. The third-order valence-electron chi connectivity index (χ3n) is 3.41. The van der Waals surface area contributed by atoms with Gasteiger partial charge in [-0.15, -0.1) is 0 Å². The average molecular weight is 235 g/mol. The summed E-state index contributed by atoms with van der Waals surface area (Å²) >= 11 is 1.37. The predicted octanol–water partition coefficient (Wildman–Crippen LogP) is 2.60. The van der Waals surface area contributed by atoms with Crippen LogP contribution >= 0.6 is 12.0 Å². The van der Waals surface area contributed by atoms with E-state index in [4.69, 9.17) is 4.18 Å². The number of alkyl halides is 1. The summed E-state index contributed by atoms with van der Waals surface area (Å²) in [6, 6.07) is 0. The summed E-state index contributed by atoms with van der Waals surface area (Å²) in [5.41, 5.74) is -0.0514. The molecule has 1 fully saturated rings. The number of rotatable bonds is 4. The molecule has 0 aromatic carbocycles. The third kappa shape index (κ3) is 3.33. The van der Waals surface area contributed by atoms with Crippen LogP contribution in [0, 0.1) is 11.3 Å². The van der Waals surface area contributed by atoms with E-state index in [1.165, 1.54) is 12.0 Å². The van der Waals surface area contributed by atoms with Gasteiger partial charge >= 0.3 is 0 Å². The monoisotopic (exact) mass is 235 g/mol. The molecule has 0 aromatic heterocycles. The largest absolute Gasteiger partial charge is 0.315 e. The Hall–Kier alpha value is 0.200. The van der Waals surface area contributed by atoms with Gasteiger partial charge < -0.3 is 9.08 Å². The minimum absolute atomic E-state index is 0.0514. The van der Waals surface area contributed by atoms with Crippen molar-refractivity contribution in [3.8, 4) is 0 Å². The van der Waals surface area contributed by atoms with Crippen molar-refractivity contribution in [1.29, 1.82) is 0 Å². The van der Waals surface area contributed by atoms with Crippen LogP contribution in [-0.4, -0.2) is 44.1 Å². The summed E-state index contributed by atoms with van der Waals surface area (Å²) in [5.74, 6) is 0.126. The molecule has 1 saturated heterocycles. The molecule has 4 heteroatoms. The molecule has 0 N–H and O–H groups in total. The Balaban J connectivity index is 2.67. The number of likely N-dealkylation sites (tertiary alicyclic amines) is 1. The molecule has 0 unspecified atom stereocenters. The lowest BCUT2D eigenvalue weighted by Gasteiger charge is -2.45. The van der Waals surface area contributed by atoms with Crippen molar-refractivity contribution in [2.45, 2.75) is 26.4 Å². The zero-order chi connectivity index (χ0) is 11.5. The molecule has 0 amide bonds. The van der Waals surface area contributed by atoms with Crippen molar-refractivity contribution in [3.63, 3.8) is 0 Å². The molecule has 0 bridgehead atoms. The van der Waals surface area contributed by atoms with Gasteiger partial charge in [-0.05, 0) is 44.9 Å². The first-order valence-electron chi connectivity index (χ1n) is 5.48. The summed E-state index contributed by atoms with van der Waals surface area (Å²) < 4.78 is 19.0. The van der Waals surface area contributed by atoms with E-state index < -0.39 is 6.17 Å². The Bertz CT molecular complexity index is 203. The Morgan fingerprint density at radius 1 is 1.67 bits per heavy atom. The molecule has 0 aromatic rings. The van der Waals surface area contributed by atoms with E-state index in [0.29, 0.717) is 6.61 Å². The second kappa shape index (κ2) is 5.51. The fraction of sp³-hybridized carbons (Fsp3) is 1.00. The Labute approximate surface area is 96.8 Å². The van der Waals surface area contributed by atoms with Crippen molar-refractivity contribution >= 4 is 12.0 Å². The Morgan fingerprint density at radius 2 is 2.33 bits per heavy atom. The van der Waals surface area contributed by atoms with Crippen LogP contribution in [0.15, 0.2) is 0 Å². The number of nitrogens with zero attached hydrogens (tertiary/aromatic N) is 1. The van der Waals surface area contributed by atoms with E-state index in [0.717, 1.165) is 19.5 Å². The van der Waals surface area contributed by atoms with Gasteiger partial charge in [-0.3, -0.25) is 0 Å². The third-order valence-corrected chi connectivity index (χ3v) is 3.76. The van der Waals surface area contributed by atoms with E-state index in [1.807, 2.05) is 6.26 Å². The van der Waals surface area contributed by atoms with E-state index >= 15 is 0 Å². The van der Waals surface area contributed by atoms with Crippen molar-refractivity contribution < 1.29 is 8.57 Å². The first kappa shape index (κ1) is 13.3. The van der Waals surface area contributed by atoms with Crippen LogP contribution in [0.1, 0.15) is 20.3 Å². The average Bonchev–Trinajstić information content (AvgIpc) is 2.14. The fourth-order valence-electron chi connectivity index (χ4n) is 2.65. The molecule has 1 rings (SSSR count). The molecule has 0 aliphatic carbocycles. The second-order valence-electron chi connectivity index (χ2n) is 4.89. The highest BCUT2D eigenvalue weighted by Gasteiger charge is 2.41. The summed E-state index contributed by atoms with van der Waals surface area (Å²) in [5, 5.41) is 0. The van der Waals surface area contributed by atoms with Crippen LogP contribution in [0.4, 0.5) is 4.39 Å². The van der Waals surface area contributed by atoms with Gasteiger partial charge in [0.15, 0.2) is 0 Å². The van der Waals surface area contributed by atoms with Crippen LogP contribution in [-0.2, 0) is 4.18 Å². The van der Waals surface area contributed by atoms with Crippen LogP contribution in [0.25, 0.3) is 0 Å². The molecule has 3 atom stereocenters. The summed E-state index contributed by atoms with van der Waals surface area (Å²) in [4.78, 5) is 2.27. The van der Waals surface area contributed by atoms with Gasteiger partial charge in [0, 0.05) is 18.2 Å². The van der Waals surface area contributed by atoms with Crippen LogP contribution in [0.3, 0.4) is 0 Å². The highest BCUT2D eigenvalue weighted by Crippen LogP contribution is 2.39. The van der Waals surface area contributed by atoms with E-state index in [-0.39, 0.29) is 11.3 Å². The summed E-state index contributed by atoms with van der Waals surface area (Å²) in [6.45, 7) is 6.37. The molecule has 0 radical (unpaired) electrons. The second-order valence-corrected chi connectivity index (χ2v) is 5.46. The van der Waals surface area contributed by atoms with E-state index in [9.17, 15) is 4.39 Å². The lowest BCUT2D eigenvalue weighted by Crippen LogP contribution is -2.50. The first-order chi connectivity index (χ1) is 6.99. The van der Waals surface area contributed by atoms with Crippen LogP contribution in [0.5, 0.6) is 0 Å². The van der Waals surface area contributed by atoms with Crippen molar-refractivity contribution in [2.75, 3.05) is 33.0 Å². The highest BCUT2D eigenvalue weighted by atomic mass is 32.2. The number of hydrogen-bond donors (Lipinski definition) is 0. The fourth-order valence-corrected chi connectivity index (χ4v) is 3.04. The number of piperidine rings is 1. The summed E-state index contributed by atoms with van der Waals surface area (Å²) in [7, 11) is 2.09. The maximum absolute atomic E-state index is 13.6. The maximum Gasteiger partial charge on any atom is 0.101 e. The Morgan fingerprint density at radius 3 is 2.87 bits per heavy atom. The van der Waals surface area contributed by atoms with Gasteiger partial charge in [0.05, 0.1) is 6.61 Å². The molecule has 90 valence electrons. The Kier molecular flexibility index (Phi) is 4.87. The zero-order valence-corrected chi connectivity index (χ0v) is 10.9. The molecule has 0 spiro atoms. The molecule has 2 nitrogen and oxygen atoms in total. The lowest BCUT2D eigenvalue weighted by molar-refractivity contribution is -0.0154. The maximum atomic E-state index is 13.6. The standard InChI is InChI=1S/C11H22FNOS/c1-9(12)10-5-6-13(3)7-11(10,2)8-14-15-4/h9-10H,5-8H2,1-4H3/t9-,10+,11-/m0/s1. The molecule has 1 aliphatic rings. The molecular weight excluding hydrogens is 213 g/mol. The minimum atomic E-state index is -0.742. The molecule has 1 aliphatic heterocycles. The van der Waals surface area contributed by atoms with Gasteiger partial charge in [0.25, 0.3) is 0 Å². The number of halogens is 1. The normalized spacial score (nSPS) is 35.4. The minimum Gasteiger partial charge on any atom is -0.315 e. The van der Waals surface area contributed by atoms with Gasteiger partial charge in [0.2, 0.25) is 0 Å². The van der Waals surface area contributed by atoms with E-state index in [1.54, 1.807) is 6.92 Å². The van der Waals surface area contributed by atoms with Gasteiger partial charge in [-0.2, -0.15) is 0 Å². The molecular formula is C11H22FNOS. The van der Waals surface area contributed by atoms with Crippen LogP contribution < -0.4 is 0 Å². The van der Waals surface area contributed by atoms with Crippen LogP contribution in [0.2, 0.25) is 0 Å². The van der Waals surface area contributed by atoms with Crippen molar-refractivity contribution in [2.24, 2.45) is 11.3 Å². The lowest BCUT2D eigenvalue weighted by atomic mass is 9.71. The zero-order valence-electron chi connectivity index (χ0n) is 10.1. The molecule has 1 heterocycles. The molecule has 15 heavy (non-hydrogen) atoms. The molecule has 0 saturated carbocycles. The number of hydrogen-bond acceptors (Lipinski definition) is 3. The quantitative estimate of drug-likeness (QED) is 0.695. The van der Waals surface area contributed by atoms with Crippen molar-refractivity contribution in [1.82, 2.24) is 4.90 Å². The SMILES string of the molecule is CSOC[C@]1(C)CN(C)CC[C@@H]1[C@H](C)F. The predicted molar refractivity (Wildman–Crippen MR) is 63.7 cm³/mol. The van der Waals surface area contributed by atoms with Gasteiger partial charge in [0.1, 0.15) is 6.17 Å². The smallest absolute Gasteiger partial charge is 0.101 e. The van der Waals surface area contributed by atoms with Gasteiger partial charge in [-0.25, -0.2) is 4.39 Å². The topological polar surface area (TPSA) is 12.5 Å². The van der Waals surface area contributed by atoms with Crippen molar-refractivity contribution in [3.05, 3.63) is 0 Å². The van der Waals surface area contributed by atoms with Gasteiger partial charge in [-0.1, -0.05) is 6.92 Å². The first-order valence-corrected chi connectivity index (χ1v) is 6.63. The summed E-state index contributed by atoms with van der Waals surface area (Å²) in [6.07, 6.45) is 2.10.